The van der Waals surface area contributed by atoms with Gasteiger partial charge in [-0.05, 0) is 0 Å². The van der Waals surface area contributed by atoms with Crippen molar-refractivity contribution in [2.45, 2.75) is 6.10 Å². The van der Waals surface area contributed by atoms with E-state index >= 15 is 0 Å². The van der Waals surface area contributed by atoms with Crippen molar-refractivity contribution in [1.82, 2.24) is 14.7 Å². The van der Waals surface area contributed by atoms with Gasteiger partial charge in [0, 0.05) is 19.8 Å². The molecule has 2 amide bonds. The summed E-state index contributed by atoms with van der Waals surface area (Å²) in [4.78, 5) is 24.1. The van der Waals surface area contributed by atoms with Crippen LogP contribution in [-0.2, 0) is 16.6 Å². The highest BCUT2D eigenvalue weighted by molar-refractivity contribution is 5.89. The van der Waals surface area contributed by atoms with E-state index < -0.39 is 12.1 Å². The SMILES string of the molecule is Cn1cc(NC(=O)N2CCOC(C(=O)O)C2)cn1. The van der Waals surface area contributed by atoms with Crippen LogP contribution in [0, 0.1) is 0 Å². The van der Waals surface area contributed by atoms with Crippen LogP contribution in [0.3, 0.4) is 0 Å². The number of carbonyl (C=O) groups excluding carboxylic acids is 1. The van der Waals surface area contributed by atoms with Crippen LogP contribution < -0.4 is 5.32 Å². The summed E-state index contributed by atoms with van der Waals surface area (Å²) in [5.41, 5.74) is 0.570. The van der Waals surface area contributed by atoms with Gasteiger partial charge in [-0.25, -0.2) is 9.59 Å². The van der Waals surface area contributed by atoms with E-state index in [1.54, 1.807) is 17.9 Å². The quantitative estimate of drug-likeness (QED) is 0.757. The van der Waals surface area contributed by atoms with Crippen molar-refractivity contribution in [2.24, 2.45) is 7.05 Å². The van der Waals surface area contributed by atoms with E-state index in [0.717, 1.165) is 0 Å². The fourth-order valence-corrected chi connectivity index (χ4v) is 1.67. The molecule has 0 saturated carbocycles. The minimum Gasteiger partial charge on any atom is -0.479 e. The van der Waals surface area contributed by atoms with Gasteiger partial charge >= 0.3 is 12.0 Å². The van der Waals surface area contributed by atoms with E-state index in [0.29, 0.717) is 12.2 Å². The number of nitrogens with zero attached hydrogens (tertiary/aromatic N) is 3. The lowest BCUT2D eigenvalue weighted by Crippen LogP contribution is -2.49. The average Bonchev–Trinajstić information content (AvgIpc) is 2.75. The predicted octanol–water partition coefficient (Wildman–Crippen LogP) is -0.263. The smallest absolute Gasteiger partial charge is 0.334 e. The van der Waals surface area contributed by atoms with Crippen LogP contribution in [0.1, 0.15) is 0 Å². The second kappa shape index (κ2) is 5.05. The molecule has 2 heterocycles. The van der Waals surface area contributed by atoms with E-state index in [2.05, 4.69) is 10.4 Å². The minimum atomic E-state index is -1.06. The van der Waals surface area contributed by atoms with Crippen molar-refractivity contribution in [3.8, 4) is 0 Å². The van der Waals surface area contributed by atoms with Gasteiger partial charge in [0.1, 0.15) is 0 Å². The van der Waals surface area contributed by atoms with Crippen LogP contribution in [0.25, 0.3) is 0 Å². The van der Waals surface area contributed by atoms with Crippen LogP contribution in [0.5, 0.6) is 0 Å². The minimum absolute atomic E-state index is 0.0431. The molecule has 2 rings (SSSR count). The van der Waals surface area contributed by atoms with Gasteiger partial charge in [-0.2, -0.15) is 5.10 Å². The van der Waals surface area contributed by atoms with Gasteiger partial charge in [0.15, 0.2) is 6.10 Å². The number of aliphatic carboxylic acids is 1. The first kappa shape index (κ1) is 12.4. The number of aryl methyl sites for hydroxylation is 1. The summed E-state index contributed by atoms with van der Waals surface area (Å²) in [7, 11) is 1.74. The maximum absolute atomic E-state index is 11.9. The van der Waals surface area contributed by atoms with Crippen molar-refractivity contribution in [3.63, 3.8) is 0 Å². The molecule has 1 atom stereocenters. The molecule has 8 heteroatoms. The number of nitrogens with one attached hydrogen (secondary N) is 1. The van der Waals surface area contributed by atoms with Gasteiger partial charge in [0.05, 0.1) is 25.0 Å². The molecule has 1 unspecified atom stereocenters. The Balaban J connectivity index is 1.94. The highest BCUT2D eigenvalue weighted by Gasteiger charge is 2.29. The maximum Gasteiger partial charge on any atom is 0.334 e. The monoisotopic (exact) mass is 254 g/mol. The zero-order valence-corrected chi connectivity index (χ0v) is 9.87. The zero-order chi connectivity index (χ0) is 13.1. The number of anilines is 1. The van der Waals surface area contributed by atoms with E-state index in [9.17, 15) is 9.59 Å². The Morgan fingerprint density at radius 2 is 2.39 bits per heavy atom. The summed E-state index contributed by atoms with van der Waals surface area (Å²) in [5.74, 6) is -1.06. The Bertz CT molecular complexity index is 458. The second-order valence-corrected chi connectivity index (χ2v) is 3.98. The van der Waals surface area contributed by atoms with Gasteiger partial charge in [-0.1, -0.05) is 0 Å². The Hall–Kier alpha value is -2.09. The standard InChI is InChI=1S/C10H14N4O4/c1-13-5-7(4-11-13)12-10(17)14-2-3-18-8(6-14)9(15)16/h4-5,8H,2-3,6H2,1H3,(H,12,17)(H,15,16). The third kappa shape index (κ3) is 2.77. The van der Waals surface area contributed by atoms with Gasteiger partial charge in [0.25, 0.3) is 0 Å². The molecule has 1 aromatic rings. The highest BCUT2D eigenvalue weighted by atomic mass is 16.5. The lowest BCUT2D eigenvalue weighted by molar-refractivity contribution is -0.154. The van der Waals surface area contributed by atoms with E-state index in [4.69, 9.17) is 9.84 Å². The first-order chi connectivity index (χ1) is 8.56. The number of amides is 2. The van der Waals surface area contributed by atoms with Gasteiger partial charge in [0.2, 0.25) is 0 Å². The topological polar surface area (TPSA) is 96.7 Å². The molecular weight excluding hydrogens is 240 g/mol. The van der Waals surface area contributed by atoms with Crippen molar-refractivity contribution in [2.75, 3.05) is 25.0 Å². The number of urea groups is 1. The molecule has 0 bridgehead atoms. The van der Waals surface area contributed by atoms with E-state index in [1.807, 2.05) is 0 Å². The van der Waals surface area contributed by atoms with Gasteiger partial charge in [-0.15, -0.1) is 0 Å². The molecule has 0 radical (unpaired) electrons. The summed E-state index contributed by atoms with van der Waals surface area (Å²) in [6.45, 7) is 0.634. The van der Waals surface area contributed by atoms with Crippen molar-refractivity contribution < 1.29 is 19.4 Å². The second-order valence-electron chi connectivity index (χ2n) is 3.98. The van der Waals surface area contributed by atoms with E-state index in [-0.39, 0.29) is 19.2 Å². The zero-order valence-electron chi connectivity index (χ0n) is 9.87. The number of carbonyl (C=O) groups is 2. The molecule has 8 nitrogen and oxygen atoms in total. The number of carboxylic acid groups (broad SMARTS) is 1. The molecular formula is C10H14N4O4. The molecule has 18 heavy (non-hydrogen) atoms. The normalized spacial score (nSPS) is 19.6. The van der Waals surface area contributed by atoms with Crippen LogP contribution in [0.4, 0.5) is 10.5 Å². The van der Waals surface area contributed by atoms with Crippen molar-refractivity contribution >= 4 is 17.7 Å². The highest BCUT2D eigenvalue weighted by Crippen LogP contribution is 2.09. The van der Waals surface area contributed by atoms with E-state index in [1.165, 1.54) is 11.1 Å². The maximum atomic E-state index is 11.9. The summed E-state index contributed by atoms with van der Waals surface area (Å²) < 4.78 is 6.60. The Labute approximate surface area is 103 Å². The molecule has 1 fully saturated rings. The number of aromatic nitrogens is 2. The summed E-state index contributed by atoms with van der Waals surface area (Å²) in [6.07, 6.45) is 2.22. The van der Waals surface area contributed by atoms with Crippen molar-refractivity contribution in [3.05, 3.63) is 12.4 Å². The largest absolute Gasteiger partial charge is 0.479 e. The third-order valence-electron chi connectivity index (χ3n) is 2.59. The Kier molecular flexibility index (Phi) is 3.47. The summed E-state index contributed by atoms with van der Waals surface area (Å²) in [6, 6.07) is -0.349. The third-order valence-corrected chi connectivity index (χ3v) is 2.59. The number of ether oxygens (including phenoxy) is 1. The number of carboxylic acids is 1. The molecule has 0 spiro atoms. The Morgan fingerprint density at radius 1 is 1.61 bits per heavy atom. The van der Waals surface area contributed by atoms with Crippen LogP contribution in [0.2, 0.25) is 0 Å². The van der Waals surface area contributed by atoms with Gasteiger partial charge in [-0.3, -0.25) is 4.68 Å². The molecule has 1 aliphatic heterocycles. The van der Waals surface area contributed by atoms with Crippen LogP contribution in [-0.4, -0.2) is 57.6 Å². The molecule has 2 N–H and O–H groups in total. The van der Waals surface area contributed by atoms with Crippen LogP contribution >= 0.6 is 0 Å². The summed E-state index contributed by atoms with van der Waals surface area (Å²) >= 11 is 0. The fourth-order valence-electron chi connectivity index (χ4n) is 1.67. The predicted molar refractivity (Wildman–Crippen MR) is 61.2 cm³/mol. The number of hydrogen-bond donors (Lipinski definition) is 2. The lowest BCUT2D eigenvalue weighted by Gasteiger charge is -2.30. The molecule has 1 aliphatic rings. The molecule has 0 aliphatic carbocycles. The van der Waals surface area contributed by atoms with Crippen LogP contribution in [0.15, 0.2) is 12.4 Å². The summed E-state index contributed by atoms with van der Waals surface area (Å²) in [5, 5.41) is 15.4. The number of hydrogen-bond acceptors (Lipinski definition) is 4. The Morgan fingerprint density at radius 3 is 3.00 bits per heavy atom. The average molecular weight is 254 g/mol. The number of rotatable bonds is 2. The van der Waals surface area contributed by atoms with Crippen molar-refractivity contribution in [1.29, 1.82) is 0 Å². The molecule has 98 valence electrons. The molecule has 1 saturated heterocycles. The van der Waals surface area contributed by atoms with Gasteiger partial charge < -0.3 is 20.1 Å². The number of morpholine rings is 1. The molecule has 1 aromatic heterocycles. The lowest BCUT2D eigenvalue weighted by atomic mass is 10.3. The first-order valence-corrected chi connectivity index (χ1v) is 5.45. The first-order valence-electron chi connectivity index (χ1n) is 5.45. The molecule has 0 aromatic carbocycles. The fraction of sp³-hybridized carbons (Fsp3) is 0.500.